The van der Waals surface area contributed by atoms with E-state index in [9.17, 15) is 9.59 Å². The second kappa shape index (κ2) is 7.25. The zero-order valence-electron chi connectivity index (χ0n) is 13.7. The number of halogens is 1. The van der Waals surface area contributed by atoms with Gasteiger partial charge < -0.3 is 14.7 Å². The van der Waals surface area contributed by atoms with Gasteiger partial charge in [-0.15, -0.1) is 0 Å². The first-order chi connectivity index (χ1) is 12.0. The minimum atomic E-state index is -0.953. The molecule has 8 heteroatoms. The lowest BCUT2D eigenvalue weighted by atomic mass is 10.1. The molecule has 1 aliphatic rings. The number of amides is 1. The normalized spacial score (nSPS) is 17.5. The summed E-state index contributed by atoms with van der Waals surface area (Å²) >= 11 is 6.43. The summed E-state index contributed by atoms with van der Waals surface area (Å²) in [5.74, 6) is -1.21. The highest BCUT2D eigenvalue weighted by atomic mass is 35.5. The maximum atomic E-state index is 12.9. The lowest BCUT2D eigenvalue weighted by Gasteiger charge is -2.32. The summed E-state index contributed by atoms with van der Waals surface area (Å²) in [4.78, 5) is 25.3. The molecular formula is C17H18ClN3O4. The molecule has 2 heterocycles. The van der Waals surface area contributed by atoms with Crippen LogP contribution in [0, 0.1) is 6.92 Å². The van der Waals surface area contributed by atoms with Crippen LogP contribution < -0.4 is 0 Å². The highest BCUT2D eigenvalue weighted by Crippen LogP contribution is 2.25. The molecule has 0 spiro atoms. The minimum Gasteiger partial charge on any atom is -0.481 e. The molecule has 1 N–H and O–H groups in total. The van der Waals surface area contributed by atoms with E-state index in [1.807, 2.05) is 30.3 Å². The number of ether oxygens (including phenoxy) is 1. The number of aliphatic carboxylic acids is 1. The number of aryl methyl sites for hydroxylation is 1. The number of aromatic nitrogens is 2. The maximum Gasteiger partial charge on any atom is 0.306 e. The quantitative estimate of drug-likeness (QED) is 0.899. The lowest BCUT2D eigenvalue weighted by molar-refractivity contribution is -0.141. The highest BCUT2D eigenvalue weighted by molar-refractivity contribution is 6.33. The number of carboxylic acid groups (broad SMARTS) is 1. The molecular weight excluding hydrogens is 346 g/mol. The van der Waals surface area contributed by atoms with Crippen LogP contribution in [0.2, 0.25) is 5.15 Å². The average molecular weight is 364 g/mol. The molecule has 0 bridgehead atoms. The average Bonchev–Trinajstić information content (AvgIpc) is 2.89. The van der Waals surface area contributed by atoms with Crippen molar-refractivity contribution in [1.82, 2.24) is 14.7 Å². The lowest BCUT2D eigenvalue weighted by Crippen LogP contribution is -2.46. The minimum absolute atomic E-state index is 0.139. The Morgan fingerprint density at radius 2 is 2.08 bits per heavy atom. The van der Waals surface area contributed by atoms with Crippen LogP contribution in [-0.4, -0.2) is 57.5 Å². The van der Waals surface area contributed by atoms with E-state index in [-0.39, 0.29) is 24.0 Å². The zero-order chi connectivity index (χ0) is 18.0. The third-order valence-corrected chi connectivity index (χ3v) is 4.40. The van der Waals surface area contributed by atoms with E-state index in [0.717, 1.165) is 5.69 Å². The molecule has 0 saturated carbocycles. The van der Waals surface area contributed by atoms with E-state index in [1.54, 1.807) is 11.8 Å². The van der Waals surface area contributed by atoms with Crippen molar-refractivity contribution in [3.05, 3.63) is 46.7 Å². The Kier molecular flexibility index (Phi) is 5.06. The summed E-state index contributed by atoms with van der Waals surface area (Å²) in [6.07, 6.45) is -0.654. The molecule has 1 aromatic carbocycles. The van der Waals surface area contributed by atoms with E-state index in [1.165, 1.54) is 4.68 Å². The molecule has 25 heavy (non-hydrogen) atoms. The molecule has 1 aliphatic heterocycles. The Hall–Kier alpha value is -2.38. The predicted octanol–water partition coefficient (Wildman–Crippen LogP) is 2.15. The number of benzene rings is 1. The van der Waals surface area contributed by atoms with Gasteiger partial charge in [0.2, 0.25) is 0 Å². The van der Waals surface area contributed by atoms with E-state index in [0.29, 0.717) is 24.4 Å². The molecule has 2 aromatic rings. The van der Waals surface area contributed by atoms with Gasteiger partial charge in [-0.3, -0.25) is 9.59 Å². The first-order valence-corrected chi connectivity index (χ1v) is 8.28. The van der Waals surface area contributed by atoms with Gasteiger partial charge in [-0.1, -0.05) is 29.8 Å². The Bertz CT molecular complexity index is 791. The first kappa shape index (κ1) is 17.4. The van der Waals surface area contributed by atoms with Gasteiger partial charge in [0, 0.05) is 13.1 Å². The van der Waals surface area contributed by atoms with Gasteiger partial charge in [0.15, 0.2) is 0 Å². The van der Waals surface area contributed by atoms with Crippen LogP contribution in [0.25, 0.3) is 5.69 Å². The van der Waals surface area contributed by atoms with Gasteiger partial charge in [0.25, 0.3) is 5.91 Å². The van der Waals surface area contributed by atoms with Crippen molar-refractivity contribution in [1.29, 1.82) is 0 Å². The predicted molar refractivity (Wildman–Crippen MR) is 91.2 cm³/mol. The second-order valence-electron chi connectivity index (χ2n) is 5.84. The van der Waals surface area contributed by atoms with Crippen LogP contribution >= 0.6 is 11.6 Å². The number of carboxylic acids is 1. The smallest absolute Gasteiger partial charge is 0.306 e. The molecule has 1 amide bonds. The van der Waals surface area contributed by atoms with Crippen LogP contribution in [0.1, 0.15) is 22.5 Å². The van der Waals surface area contributed by atoms with Crippen LogP contribution in [0.3, 0.4) is 0 Å². The Balaban J connectivity index is 1.85. The van der Waals surface area contributed by atoms with Crippen molar-refractivity contribution < 1.29 is 19.4 Å². The van der Waals surface area contributed by atoms with Crippen molar-refractivity contribution in [3.63, 3.8) is 0 Å². The van der Waals surface area contributed by atoms with Crippen molar-refractivity contribution in [2.45, 2.75) is 19.4 Å². The van der Waals surface area contributed by atoms with E-state index < -0.39 is 12.1 Å². The number of hydrogen-bond acceptors (Lipinski definition) is 4. The molecule has 0 unspecified atom stereocenters. The van der Waals surface area contributed by atoms with Gasteiger partial charge in [-0.25, -0.2) is 4.68 Å². The van der Waals surface area contributed by atoms with Crippen LogP contribution in [0.4, 0.5) is 0 Å². The molecule has 1 aromatic heterocycles. The van der Waals surface area contributed by atoms with Crippen molar-refractivity contribution >= 4 is 23.5 Å². The molecule has 1 saturated heterocycles. The fourth-order valence-electron chi connectivity index (χ4n) is 2.86. The highest BCUT2D eigenvalue weighted by Gasteiger charge is 2.30. The Morgan fingerprint density at radius 1 is 1.36 bits per heavy atom. The summed E-state index contributed by atoms with van der Waals surface area (Å²) < 4.78 is 6.94. The van der Waals surface area contributed by atoms with Gasteiger partial charge in [-0.2, -0.15) is 5.10 Å². The number of carbonyl (C=O) groups excluding carboxylic acids is 1. The number of rotatable bonds is 4. The van der Waals surface area contributed by atoms with Gasteiger partial charge in [-0.05, 0) is 19.1 Å². The molecule has 1 fully saturated rings. The summed E-state index contributed by atoms with van der Waals surface area (Å²) in [6.45, 7) is 2.64. The van der Waals surface area contributed by atoms with Crippen molar-refractivity contribution in [2.75, 3.05) is 19.7 Å². The largest absolute Gasteiger partial charge is 0.481 e. The van der Waals surface area contributed by atoms with Crippen LogP contribution in [-0.2, 0) is 9.53 Å². The summed E-state index contributed by atoms with van der Waals surface area (Å²) in [7, 11) is 0. The fourth-order valence-corrected chi connectivity index (χ4v) is 3.22. The molecule has 7 nitrogen and oxygen atoms in total. The monoisotopic (exact) mass is 363 g/mol. The summed E-state index contributed by atoms with van der Waals surface area (Å²) in [5.41, 5.74) is 1.63. The van der Waals surface area contributed by atoms with Gasteiger partial charge >= 0.3 is 5.97 Å². The number of nitrogens with zero attached hydrogens (tertiary/aromatic N) is 3. The topological polar surface area (TPSA) is 84.7 Å². The van der Waals surface area contributed by atoms with E-state index >= 15 is 0 Å². The molecule has 1 atom stereocenters. The van der Waals surface area contributed by atoms with Gasteiger partial charge in [0.05, 0.1) is 36.1 Å². The number of hydrogen-bond donors (Lipinski definition) is 1. The van der Waals surface area contributed by atoms with Crippen LogP contribution in [0.5, 0.6) is 0 Å². The second-order valence-corrected chi connectivity index (χ2v) is 6.20. The third kappa shape index (κ3) is 3.67. The summed E-state index contributed by atoms with van der Waals surface area (Å²) in [6, 6.07) is 9.32. The maximum absolute atomic E-state index is 12.9. The van der Waals surface area contributed by atoms with E-state index in [2.05, 4.69) is 5.10 Å². The fraction of sp³-hybridized carbons (Fsp3) is 0.353. The first-order valence-electron chi connectivity index (χ1n) is 7.90. The van der Waals surface area contributed by atoms with Gasteiger partial charge in [0.1, 0.15) is 5.15 Å². The zero-order valence-corrected chi connectivity index (χ0v) is 14.4. The number of morpholine rings is 1. The SMILES string of the molecule is Cc1nn(-c2ccccc2)c(Cl)c1C(=O)N1CCO[C@@H](CC(=O)O)C1. The number of para-hydroxylation sites is 1. The van der Waals surface area contributed by atoms with Crippen molar-refractivity contribution in [3.8, 4) is 5.69 Å². The molecule has 0 aliphatic carbocycles. The van der Waals surface area contributed by atoms with E-state index in [4.69, 9.17) is 21.4 Å². The molecule has 0 radical (unpaired) electrons. The summed E-state index contributed by atoms with van der Waals surface area (Å²) in [5, 5.41) is 13.5. The Labute approximate surface area is 149 Å². The Morgan fingerprint density at radius 3 is 2.76 bits per heavy atom. The van der Waals surface area contributed by atoms with Crippen LogP contribution in [0.15, 0.2) is 30.3 Å². The third-order valence-electron chi connectivity index (χ3n) is 4.05. The molecule has 3 rings (SSSR count). The van der Waals surface area contributed by atoms with Crippen molar-refractivity contribution in [2.24, 2.45) is 0 Å². The standard InChI is InChI=1S/C17H18ClN3O4/c1-11-15(16(18)21(19-11)12-5-3-2-4-6-12)17(24)20-7-8-25-13(10-20)9-14(22)23/h2-6,13H,7-10H2,1H3,(H,22,23)/t13-/m0/s1. The number of carbonyl (C=O) groups is 2. The molecule has 132 valence electrons.